The summed E-state index contributed by atoms with van der Waals surface area (Å²) in [6, 6.07) is 2.59. The Morgan fingerprint density at radius 3 is 2.76 bits per heavy atom. The molecule has 2 rings (SSSR count). The molecule has 0 spiro atoms. The van der Waals surface area contributed by atoms with Gasteiger partial charge in [-0.2, -0.15) is 0 Å². The van der Waals surface area contributed by atoms with Crippen molar-refractivity contribution in [2.75, 3.05) is 5.32 Å². The van der Waals surface area contributed by atoms with Crippen molar-refractivity contribution in [3.8, 4) is 0 Å². The average molecular weight is 254 g/mol. The minimum Gasteiger partial charge on any atom is -0.367 e. The molecule has 0 unspecified atom stereocenters. The number of halogens is 1. The Balaban J connectivity index is 2.03. The Kier molecular flexibility index (Phi) is 4.60. The highest BCUT2D eigenvalue weighted by Crippen LogP contribution is 2.21. The van der Waals surface area contributed by atoms with Gasteiger partial charge in [-0.15, -0.1) is 0 Å². The molecule has 0 bridgehead atoms. The van der Waals surface area contributed by atoms with Crippen LogP contribution in [0.25, 0.3) is 0 Å². The summed E-state index contributed by atoms with van der Waals surface area (Å²) < 4.78 is 0. The summed E-state index contributed by atoms with van der Waals surface area (Å²) in [5, 5.41) is 3.84. The predicted octanol–water partition coefficient (Wildman–Crippen LogP) is 3.83. The van der Waals surface area contributed by atoms with Gasteiger partial charge < -0.3 is 5.32 Å². The van der Waals surface area contributed by atoms with Crippen molar-refractivity contribution in [2.24, 2.45) is 0 Å². The van der Waals surface area contributed by atoms with Crippen LogP contribution in [-0.4, -0.2) is 16.0 Å². The number of aryl methyl sites for hydroxylation is 1. The van der Waals surface area contributed by atoms with Crippen molar-refractivity contribution in [1.82, 2.24) is 9.97 Å². The monoisotopic (exact) mass is 253 g/mol. The van der Waals surface area contributed by atoms with Crippen LogP contribution >= 0.6 is 11.6 Å². The van der Waals surface area contributed by atoms with E-state index in [0.29, 0.717) is 11.3 Å². The van der Waals surface area contributed by atoms with Crippen LogP contribution in [0, 0.1) is 0 Å². The molecule has 1 aliphatic rings. The van der Waals surface area contributed by atoms with Crippen molar-refractivity contribution in [2.45, 2.75) is 57.9 Å². The van der Waals surface area contributed by atoms with E-state index in [2.05, 4.69) is 22.2 Å². The van der Waals surface area contributed by atoms with Gasteiger partial charge in [0.1, 0.15) is 5.82 Å². The van der Waals surface area contributed by atoms with Crippen molar-refractivity contribution in [3.05, 3.63) is 17.0 Å². The fourth-order valence-corrected chi connectivity index (χ4v) is 2.58. The number of nitrogens with zero attached hydrogens (tertiary/aromatic N) is 2. The summed E-state index contributed by atoms with van der Waals surface area (Å²) in [7, 11) is 0. The maximum atomic E-state index is 5.94. The Hall–Kier alpha value is -0.830. The Labute approximate surface area is 108 Å². The topological polar surface area (TPSA) is 37.8 Å². The zero-order chi connectivity index (χ0) is 12.1. The van der Waals surface area contributed by atoms with E-state index < -0.39 is 0 Å². The maximum Gasteiger partial charge on any atom is 0.224 e. The zero-order valence-electron chi connectivity index (χ0n) is 10.4. The smallest absolute Gasteiger partial charge is 0.224 e. The predicted molar refractivity (Wildman–Crippen MR) is 71.5 cm³/mol. The van der Waals surface area contributed by atoms with E-state index in [0.717, 1.165) is 24.4 Å². The van der Waals surface area contributed by atoms with E-state index in [1.165, 1.54) is 32.1 Å². The highest BCUT2D eigenvalue weighted by Gasteiger charge is 2.14. The van der Waals surface area contributed by atoms with Gasteiger partial charge in [0.2, 0.25) is 5.28 Å². The van der Waals surface area contributed by atoms with Crippen molar-refractivity contribution >= 4 is 17.4 Å². The summed E-state index contributed by atoms with van der Waals surface area (Å²) >= 11 is 5.94. The number of aromatic nitrogens is 2. The maximum absolute atomic E-state index is 5.94. The molecule has 1 aromatic rings. The third kappa shape index (κ3) is 3.84. The van der Waals surface area contributed by atoms with E-state index in [-0.39, 0.29) is 0 Å². The summed E-state index contributed by atoms with van der Waals surface area (Å²) in [5.74, 6) is 0.889. The first kappa shape index (κ1) is 12.6. The SMILES string of the molecule is CCCc1cc(NC2CCCCC2)nc(Cl)n1. The average Bonchev–Trinajstić information content (AvgIpc) is 2.30. The second-order valence-electron chi connectivity index (χ2n) is 4.74. The van der Waals surface area contributed by atoms with Gasteiger partial charge in [0.15, 0.2) is 0 Å². The minimum absolute atomic E-state index is 0.356. The largest absolute Gasteiger partial charge is 0.367 e. The van der Waals surface area contributed by atoms with Crippen LogP contribution in [0.1, 0.15) is 51.1 Å². The molecular weight excluding hydrogens is 234 g/mol. The fourth-order valence-electron chi connectivity index (χ4n) is 2.38. The van der Waals surface area contributed by atoms with Crippen molar-refractivity contribution in [1.29, 1.82) is 0 Å². The third-order valence-corrected chi connectivity index (χ3v) is 3.38. The number of rotatable bonds is 4. The van der Waals surface area contributed by atoms with Gasteiger partial charge in [-0.1, -0.05) is 32.6 Å². The standard InChI is InChI=1S/C13H20ClN3/c1-2-6-11-9-12(17-13(14)16-11)15-10-7-4-3-5-8-10/h9-10H,2-8H2,1H3,(H,15,16,17). The molecule has 94 valence electrons. The van der Waals surface area contributed by atoms with Crippen molar-refractivity contribution in [3.63, 3.8) is 0 Å². The van der Waals surface area contributed by atoms with Gasteiger partial charge in [-0.25, -0.2) is 9.97 Å². The number of hydrogen-bond donors (Lipinski definition) is 1. The molecule has 0 aromatic carbocycles. The lowest BCUT2D eigenvalue weighted by molar-refractivity contribution is 0.462. The first-order chi connectivity index (χ1) is 8.28. The van der Waals surface area contributed by atoms with Gasteiger partial charge in [-0.3, -0.25) is 0 Å². The van der Waals surface area contributed by atoms with Gasteiger partial charge in [0.25, 0.3) is 0 Å². The van der Waals surface area contributed by atoms with E-state index in [1.54, 1.807) is 0 Å². The van der Waals surface area contributed by atoms with Crippen LogP contribution in [0.2, 0.25) is 5.28 Å². The van der Waals surface area contributed by atoms with Crippen LogP contribution in [-0.2, 0) is 6.42 Å². The first-order valence-electron chi connectivity index (χ1n) is 6.58. The zero-order valence-corrected chi connectivity index (χ0v) is 11.1. The van der Waals surface area contributed by atoms with E-state index in [9.17, 15) is 0 Å². The normalized spacial score (nSPS) is 17.1. The lowest BCUT2D eigenvalue weighted by Gasteiger charge is -2.23. The summed E-state index contributed by atoms with van der Waals surface area (Å²) in [4.78, 5) is 8.48. The molecule has 17 heavy (non-hydrogen) atoms. The van der Waals surface area contributed by atoms with Gasteiger partial charge >= 0.3 is 0 Å². The molecule has 1 aromatic heterocycles. The summed E-state index contributed by atoms with van der Waals surface area (Å²) in [5.41, 5.74) is 1.03. The fraction of sp³-hybridized carbons (Fsp3) is 0.692. The molecule has 4 heteroatoms. The number of nitrogens with one attached hydrogen (secondary N) is 1. The molecule has 1 fully saturated rings. The Bertz CT molecular complexity index is 362. The lowest BCUT2D eigenvalue weighted by atomic mass is 9.95. The molecule has 0 aliphatic heterocycles. The molecule has 1 aliphatic carbocycles. The molecule has 1 saturated carbocycles. The molecule has 3 nitrogen and oxygen atoms in total. The second-order valence-corrected chi connectivity index (χ2v) is 5.08. The van der Waals surface area contributed by atoms with Crippen LogP contribution in [0.3, 0.4) is 0 Å². The molecule has 0 amide bonds. The number of anilines is 1. The Morgan fingerprint density at radius 2 is 2.06 bits per heavy atom. The van der Waals surface area contributed by atoms with Crippen LogP contribution in [0.5, 0.6) is 0 Å². The first-order valence-corrected chi connectivity index (χ1v) is 6.95. The highest BCUT2D eigenvalue weighted by atomic mass is 35.5. The highest BCUT2D eigenvalue weighted by molar-refractivity contribution is 6.28. The van der Waals surface area contributed by atoms with E-state index in [4.69, 9.17) is 11.6 Å². The molecule has 0 saturated heterocycles. The molecular formula is C13H20ClN3. The minimum atomic E-state index is 0.356. The van der Waals surface area contributed by atoms with Gasteiger partial charge in [-0.05, 0) is 30.9 Å². The van der Waals surface area contributed by atoms with E-state index >= 15 is 0 Å². The van der Waals surface area contributed by atoms with Crippen LogP contribution in [0.4, 0.5) is 5.82 Å². The molecule has 0 radical (unpaired) electrons. The quantitative estimate of drug-likeness (QED) is 0.829. The lowest BCUT2D eigenvalue weighted by Crippen LogP contribution is -2.23. The number of hydrogen-bond acceptors (Lipinski definition) is 3. The molecule has 0 atom stereocenters. The Morgan fingerprint density at radius 1 is 1.29 bits per heavy atom. The molecule has 1 N–H and O–H groups in total. The van der Waals surface area contributed by atoms with Gasteiger partial charge in [0, 0.05) is 17.8 Å². The van der Waals surface area contributed by atoms with Gasteiger partial charge in [0.05, 0.1) is 0 Å². The second kappa shape index (κ2) is 6.20. The van der Waals surface area contributed by atoms with Crippen LogP contribution < -0.4 is 5.32 Å². The molecule has 1 heterocycles. The summed E-state index contributed by atoms with van der Waals surface area (Å²) in [6.07, 6.45) is 8.52. The van der Waals surface area contributed by atoms with Crippen LogP contribution in [0.15, 0.2) is 6.07 Å². The third-order valence-electron chi connectivity index (χ3n) is 3.22. The van der Waals surface area contributed by atoms with Crippen molar-refractivity contribution < 1.29 is 0 Å². The summed E-state index contributed by atoms with van der Waals surface area (Å²) in [6.45, 7) is 2.14. The van der Waals surface area contributed by atoms with E-state index in [1.807, 2.05) is 6.07 Å².